The summed E-state index contributed by atoms with van der Waals surface area (Å²) >= 11 is 0. The Hall–Kier alpha value is -2.59. The molecule has 2 aromatic heterocycles. The maximum absolute atomic E-state index is 12.9. The van der Waals surface area contributed by atoms with Gasteiger partial charge in [0.05, 0.1) is 12.3 Å². The first-order chi connectivity index (χ1) is 16.1. The van der Waals surface area contributed by atoms with Crippen LogP contribution in [0.5, 0.6) is 0 Å². The lowest BCUT2D eigenvalue weighted by Crippen LogP contribution is -2.41. The summed E-state index contributed by atoms with van der Waals surface area (Å²) in [6.07, 6.45) is -0.692. The molecule has 14 heteroatoms. The van der Waals surface area contributed by atoms with Gasteiger partial charge < -0.3 is 29.9 Å². The van der Waals surface area contributed by atoms with Gasteiger partial charge in [0.15, 0.2) is 5.82 Å². The molecule has 1 aliphatic carbocycles. The lowest BCUT2D eigenvalue weighted by Gasteiger charge is -2.28. The van der Waals surface area contributed by atoms with Gasteiger partial charge in [0.2, 0.25) is 5.60 Å². The zero-order valence-corrected chi connectivity index (χ0v) is 19.6. The van der Waals surface area contributed by atoms with E-state index in [2.05, 4.69) is 15.2 Å². The number of nitrogens with zero attached hydrogens (tertiary/aromatic N) is 4. The van der Waals surface area contributed by atoms with Crippen LogP contribution in [0.4, 0.5) is 5.82 Å². The molecule has 5 N–H and O–H groups in total. The summed E-state index contributed by atoms with van der Waals surface area (Å²) in [5.74, 6) is -0.377. The molecule has 2 aliphatic rings. The van der Waals surface area contributed by atoms with Crippen LogP contribution in [0.2, 0.25) is 0 Å². The molecule has 13 nitrogen and oxygen atoms in total. The number of aromatic nitrogens is 3. The summed E-state index contributed by atoms with van der Waals surface area (Å²) in [6, 6.07) is 4.09. The molecular weight excluding hydrogens is 467 g/mol. The normalized spacial score (nSPS) is 29.8. The van der Waals surface area contributed by atoms with Crippen molar-refractivity contribution in [3.63, 3.8) is 0 Å². The number of aliphatic hydroxyl groups excluding tert-OH is 2. The second-order valence-corrected chi connectivity index (χ2v) is 10.8. The Balaban J connectivity index is 1.45. The van der Waals surface area contributed by atoms with Gasteiger partial charge in [-0.05, 0) is 38.3 Å². The number of hydrogen-bond donors (Lipinski definition) is 4. The molecule has 0 aromatic carbocycles. The average Bonchev–Trinajstić information content (AvgIpc) is 3.30. The van der Waals surface area contributed by atoms with Crippen molar-refractivity contribution in [2.24, 2.45) is 0 Å². The van der Waals surface area contributed by atoms with E-state index in [-0.39, 0.29) is 17.6 Å². The fourth-order valence-electron chi connectivity index (χ4n) is 3.96. The van der Waals surface area contributed by atoms with Crippen LogP contribution in [-0.4, -0.2) is 74.5 Å². The number of ether oxygens (including phenoxy) is 2. The van der Waals surface area contributed by atoms with E-state index in [1.165, 1.54) is 30.5 Å². The predicted octanol–water partition coefficient (Wildman–Crippen LogP) is 0.0643. The fraction of sp³-hybridized carbons (Fsp3) is 0.600. The van der Waals surface area contributed by atoms with Gasteiger partial charge in [-0.15, -0.1) is 0 Å². The van der Waals surface area contributed by atoms with Crippen molar-refractivity contribution in [1.82, 2.24) is 19.7 Å². The molecule has 1 saturated heterocycles. The maximum Gasteiger partial charge on any atom is 0.323 e. The van der Waals surface area contributed by atoms with Crippen LogP contribution in [-0.2, 0) is 29.0 Å². The highest BCUT2D eigenvalue weighted by atomic mass is 31.2. The first-order valence-electron chi connectivity index (χ1n) is 10.8. The van der Waals surface area contributed by atoms with Crippen LogP contribution in [0.15, 0.2) is 18.5 Å². The fourth-order valence-corrected chi connectivity index (χ4v) is 5.28. The van der Waals surface area contributed by atoms with Crippen molar-refractivity contribution in [2.75, 3.05) is 19.0 Å². The smallest absolute Gasteiger partial charge is 0.323 e. The first-order valence-corrected chi connectivity index (χ1v) is 12.9. The van der Waals surface area contributed by atoms with Crippen LogP contribution in [0.25, 0.3) is 5.52 Å². The van der Waals surface area contributed by atoms with Crippen LogP contribution >= 0.6 is 7.52 Å². The molecule has 3 heterocycles. The number of nitrogens with two attached hydrogens (primary N) is 1. The molecule has 2 aromatic rings. The molecule has 0 spiro atoms. The van der Waals surface area contributed by atoms with Gasteiger partial charge in [0.25, 0.3) is 7.52 Å². The maximum atomic E-state index is 12.9. The summed E-state index contributed by atoms with van der Waals surface area (Å²) < 4.78 is 30.7. The highest BCUT2D eigenvalue weighted by molar-refractivity contribution is 7.56. The molecule has 2 fully saturated rings. The van der Waals surface area contributed by atoms with E-state index in [1.54, 1.807) is 6.07 Å². The Morgan fingerprint density at radius 1 is 1.50 bits per heavy atom. The average molecular weight is 494 g/mol. The number of carbonyl (C=O) groups is 1. The number of hydrogen-bond acceptors (Lipinski definition) is 11. The molecule has 1 unspecified atom stereocenters. The van der Waals surface area contributed by atoms with E-state index in [0.29, 0.717) is 5.52 Å². The molecule has 184 valence electrons. The zero-order valence-electron chi connectivity index (χ0n) is 18.7. The monoisotopic (exact) mass is 494 g/mol. The third kappa shape index (κ3) is 4.40. The SMILES string of the molecule is C[C@H](NP(C)(=O)OC[C@H]1O[C@@](C#N)(c2ccc3c(N)ncnn23)[C@H](O)[C@@H]1O)C(=O)OC1CCC1. The second kappa shape index (κ2) is 9.22. The number of aliphatic hydroxyl groups is 2. The molecule has 4 rings (SSSR count). The van der Waals surface area contributed by atoms with Gasteiger partial charge in [0, 0.05) is 6.66 Å². The van der Waals surface area contributed by atoms with Gasteiger partial charge in [0.1, 0.15) is 48.4 Å². The zero-order chi connectivity index (χ0) is 24.7. The molecule has 0 radical (unpaired) electrons. The lowest BCUT2D eigenvalue weighted by atomic mass is 9.92. The summed E-state index contributed by atoms with van der Waals surface area (Å²) in [4.78, 5) is 16.0. The minimum atomic E-state index is -3.54. The quantitative estimate of drug-likeness (QED) is 0.285. The number of nitriles is 1. The molecule has 1 aliphatic heterocycles. The summed E-state index contributed by atoms with van der Waals surface area (Å²) in [7, 11) is -3.54. The van der Waals surface area contributed by atoms with Gasteiger partial charge in [-0.25, -0.2) is 14.6 Å². The second-order valence-electron chi connectivity index (χ2n) is 8.58. The van der Waals surface area contributed by atoms with Crippen molar-refractivity contribution in [1.29, 1.82) is 5.26 Å². The third-order valence-electron chi connectivity index (χ3n) is 6.09. The van der Waals surface area contributed by atoms with E-state index in [9.17, 15) is 24.8 Å². The number of rotatable bonds is 8. The lowest BCUT2D eigenvalue weighted by molar-refractivity contribution is -0.154. The van der Waals surface area contributed by atoms with Crippen molar-refractivity contribution < 1.29 is 33.6 Å². The first kappa shape index (κ1) is 24.5. The number of nitrogens with one attached hydrogen (secondary N) is 1. The minimum absolute atomic E-state index is 0.109. The van der Waals surface area contributed by atoms with Crippen molar-refractivity contribution >= 4 is 24.8 Å². The largest absolute Gasteiger partial charge is 0.461 e. The van der Waals surface area contributed by atoms with Gasteiger partial charge in [-0.2, -0.15) is 10.4 Å². The molecular formula is C20H27N6O7P. The van der Waals surface area contributed by atoms with E-state index < -0.39 is 50.1 Å². The van der Waals surface area contributed by atoms with Crippen LogP contribution in [0.1, 0.15) is 31.9 Å². The summed E-state index contributed by atoms with van der Waals surface area (Å²) in [5, 5.41) is 38.0. The standard InChI is InChI=1S/C20H27N6O7P/c1-11(19(29)32-12-4-3-5-12)25-34(2,30)31-8-14-16(27)17(28)20(9-21,33-14)15-7-6-13-18(22)23-10-24-26(13)15/h6-7,10-12,14,16-17,27-28H,3-5,8H2,1-2H3,(H,25,30)(H2,22,23,24)/t11-,14+,16+,17+,20-,34?/m0/s1. The van der Waals surface area contributed by atoms with E-state index >= 15 is 0 Å². The molecule has 34 heavy (non-hydrogen) atoms. The molecule has 6 atom stereocenters. The highest BCUT2D eigenvalue weighted by Gasteiger charge is 2.57. The topological polar surface area (TPSA) is 194 Å². The Morgan fingerprint density at radius 3 is 2.88 bits per heavy atom. The summed E-state index contributed by atoms with van der Waals surface area (Å²) in [6.45, 7) is 2.36. The predicted molar refractivity (Wildman–Crippen MR) is 117 cm³/mol. The Labute approximate surface area is 195 Å². The number of fused-ring (bicyclic) bond motifs is 1. The van der Waals surface area contributed by atoms with Crippen molar-refractivity contribution in [3.8, 4) is 6.07 Å². The Morgan fingerprint density at radius 2 is 2.24 bits per heavy atom. The third-order valence-corrected chi connectivity index (χ3v) is 7.59. The van der Waals surface area contributed by atoms with Crippen molar-refractivity contribution in [3.05, 3.63) is 24.2 Å². The van der Waals surface area contributed by atoms with Crippen LogP contribution in [0.3, 0.4) is 0 Å². The number of anilines is 1. The number of nitrogen functional groups attached to an aromatic ring is 1. The number of carbonyl (C=O) groups excluding carboxylic acids is 1. The highest BCUT2D eigenvalue weighted by Crippen LogP contribution is 2.43. The van der Waals surface area contributed by atoms with E-state index in [0.717, 1.165) is 19.3 Å². The molecule has 0 bridgehead atoms. The number of esters is 1. The van der Waals surface area contributed by atoms with Crippen molar-refractivity contribution in [2.45, 2.75) is 62.2 Å². The Bertz CT molecular complexity index is 1160. The van der Waals surface area contributed by atoms with E-state index in [1.807, 2.05) is 6.07 Å². The van der Waals surface area contributed by atoms with Gasteiger partial charge >= 0.3 is 5.97 Å². The minimum Gasteiger partial charge on any atom is -0.461 e. The van der Waals surface area contributed by atoms with Crippen LogP contribution < -0.4 is 10.8 Å². The van der Waals surface area contributed by atoms with Gasteiger partial charge in [-0.3, -0.25) is 9.36 Å². The van der Waals surface area contributed by atoms with Crippen LogP contribution in [0, 0.1) is 11.3 Å². The molecule has 1 saturated carbocycles. The van der Waals surface area contributed by atoms with Gasteiger partial charge in [-0.1, -0.05) is 0 Å². The molecule has 0 amide bonds. The summed E-state index contributed by atoms with van der Waals surface area (Å²) in [5.41, 5.74) is 4.37. The Kier molecular flexibility index (Phi) is 6.65. The van der Waals surface area contributed by atoms with E-state index in [4.69, 9.17) is 19.7 Å².